The van der Waals surface area contributed by atoms with Crippen molar-refractivity contribution in [2.24, 2.45) is 5.92 Å². The second kappa shape index (κ2) is 7.38. The van der Waals surface area contributed by atoms with Crippen LogP contribution in [0.4, 0.5) is 0 Å². The number of hydrogen-bond acceptors (Lipinski definition) is 4. The van der Waals surface area contributed by atoms with Gasteiger partial charge in [-0.05, 0) is 37.4 Å². The molecule has 1 aromatic heterocycles. The van der Waals surface area contributed by atoms with Crippen molar-refractivity contribution in [3.63, 3.8) is 0 Å². The highest BCUT2D eigenvalue weighted by molar-refractivity contribution is 7.91. The van der Waals surface area contributed by atoms with Gasteiger partial charge in [-0.15, -0.1) is 11.3 Å². The van der Waals surface area contributed by atoms with E-state index in [0.29, 0.717) is 16.7 Å². The molecule has 4 nitrogen and oxygen atoms in total. The molecule has 0 bridgehead atoms. The van der Waals surface area contributed by atoms with Crippen LogP contribution in [0.1, 0.15) is 37.6 Å². The molecular formula is C13H24N2O2S2. The Morgan fingerprint density at radius 2 is 2.05 bits per heavy atom. The smallest absolute Gasteiger partial charge is 0.250 e. The summed E-state index contributed by atoms with van der Waals surface area (Å²) in [4.78, 5) is 1.09. The molecule has 1 aromatic rings. The van der Waals surface area contributed by atoms with Crippen molar-refractivity contribution in [2.75, 3.05) is 13.1 Å². The largest absolute Gasteiger partial charge is 0.312 e. The number of thiophene rings is 1. The van der Waals surface area contributed by atoms with Crippen LogP contribution < -0.4 is 10.0 Å². The lowest BCUT2D eigenvalue weighted by Crippen LogP contribution is -2.24. The van der Waals surface area contributed by atoms with Crippen molar-refractivity contribution in [1.29, 1.82) is 0 Å². The molecule has 1 heterocycles. The van der Waals surface area contributed by atoms with Crippen molar-refractivity contribution in [1.82, 2.24) is 10.0 Å². The van der Waals surface area contributed by atoms with Crippen LogP contribution in [0.15, 0.2) is 10.3 Å². The molecule has 110 valence electrons. The van der Waals surface area contributed by atoms with Gasteiger partial charge in [0.05, 0.1) is 0 Å². The average Bonchev–Trinajstić information content (AvgIpc) is 2.68. The lowest BCUT2D eigenvalue weighted by molar-refractivity contribution is 0.553. The van der Waals surface area contributed by atoms with E-state index in [4.69, 9.17) is 0 Å². The van der Waals surface area contributed by atoms with E-state index in [1.165, 1.54) is 11.3 Å². The van der Waals surface area contributed by atoms with Crippen molar-refractivity contribution >= 4 is 21.4 Å². The quantitative estimate of drug-likeness (QED) is 0.776. The van der Waals surface area contributed by atoms with Crippen molar-refractivity contribution < 1.29 is 8.42 Å². The zero-order valence-corrected chi connectivity index (χ0v) is 13.7. The molecule has 0 saturated carbocycles. The summed E-state index contributed by atoms with van der Waals surface area (Å²) in [5.74, 6) is 0.497. The molecule has 0 aliphatic heterocycles. The summed E-state index contributed by atoms with van der Waals surface area (Å²) in [6, 6.07) is 1.76. The third-order valence-electron chi connectivity index (χ3n) is 2.81. The molecule has 0 aliphatic carbocycles. The first-order chi connectivity index (χ1) is 8.86. The number of hydrogen-bond donors (Lipinski definition) is 2. The first-order valence-corrected chi connectivity index (χ1v) is 8.96. The highest BCUT2D eigenvalue weighted by atomic mass is 32.2. The molecule has 0 unspecified atom stereocenters. The number of sulfonamides is 1. The zero-order chi connectivity index (χ0) is 14.5. The second-order valence-electron chi connectivity index (χ2n) is 5.03. The fourth-order valence-corrected chi connectivity index (χ4v) is 4.24. The Kier molecular flexibility index (Phi) is 6.46. The van der Waals surface area contributed by atoms with Crippen LogP contribution in [-0.2, 0) is 16.6 Å². The summed E-state index contributed by atoms with van der Waals surface area (Å²) in [6.07, 6.45) is 0.855. The molecule has 0 aliphatic rings. The van der Waals surface area contributed by atoms with Gasteiger partial charge in [0.15, 0.2) is 0 Å². The van der Waals surface area contributed by atoms with E-state index in [1.807, 2.05) is 13.8 Å². The standard InChI is InChI=1S/C13H24N2O2S2/c1-5-14-9-12-11(4)8-13(18-12)19(16,17)15-7-6-10(2)3/h8,10,14-15H,5-7,9H2,1-4H3. The molecule has 0 spiro atoms. The van der Waals surface area contributed by atoms with Gasteiger partial charge in [0, 0.05) is 18.0 Å². The Morgan fingerprint density at radius 3 is 2.63 bits per heavy atom. The number of aryl methyl sites for hydroxylation is 1. The molecule has 6 heteroatoms. The SMILES string of the molecule is CCNCc1sc(S(=O)(=O)NCCC(C)C)cc1C. The Labute approximate surface area is 120 Å². The third kappa shape index (κ3) is 5.22. The first kappa shape index (κ1) is 16.6. The lowest BCUT2D eigenvalue weighted by Gasteiger charge is -2.06. The van der Waals surface area contributed by atoms with Gasteiger partial charge in [0.25, 0.3) is 0 Å². The van der Waals surface area contributed by atoms with Crippen LogP contribution in [0, 0.1) is 12.8 Å². The van der Waals surface area contributed by atoms with Gasteiger partial charge in [-0.25, -0.2) is 13.1 Å². The predicted octanol–water partition coefficient (Wildman–Crippen LogP) is 2.49. The van der Waals surface area contributed by atoms with E-state index in [9.17, 15) is 8.42 Å². The Hall–Kier alpha value is -0.430. The highest BCUT2D eigenvalue weighted by Gasteiger charge is 2.18. The molecule has 0 aromatic carbocycles. The van der Waals surface area contributed by atoms with Gasteiger partial charge >= 0.3 is 0 Å². The molecule has 19 heavy (non-hydrogen) atoms. The van der Waals surface area contributed by atoms with Crippen molar-refractivity contribution in [2.45, 2.75) is 44.9 Å². The van der Waals surface area contributed by atoms with Gasteiger partial charge < -0.3 is 5.32 Å². The van der Waals surface area contributed by atoms with E-state index in [0.717, 1.165) is 30.0 Å². The average molecular weight is 304 g/mol. The van der Waals surface area contributed by atoms with Gasteiger partial charge in [-0.1, -0.05) is 20.8 Å². The van der Waals surface area contributed by atoms with Crippen LogP contribution in [0.3, 0.4) is 0 Å². The summed E-state index contributed by atoms with van der Waals surface area (Å²) in [6.45, 7) is 10.3. The normalized spacial score (nSPS) is 12.3. The third-order valence-corrected chi connectivity index (χ3v) is 5.98. The Balaban J connectivity index is 2.72. The number of nitrogens with one attached hydrogen (secondary N) is 2. The predicted molar refractivity (Wildman–Crippen MR) is 81.1 cm³/mol. The Bertz CT molecular complexity index is 493. The fourth-order valence-electron chi connectivity index (χ4n) is 1.59. The van der Waals surface area contributed by atoms with E-state index < -0.39 is 10.0 Å². The van der Waals surface area contributed by atoms with Gasteiger partial charge in [0.2, 0.25) is 10.0 Å². The van der Waals surface area contributed by atoms with Crippen LogP contribution in [-0.4, -0.2) is 21.5 Å². The van der Waals surface area contributed by atoms with E-state index >= 15 is 0 Å². The van der Waals surface area contributed by atoms with E-state index in [1.54, 1.807) is 6.07 Å². The maximum absolute atomic E-state index is 12.1. The maximum atomic E-state index is 12.1. The molecule has 1 rings (SSSR count). The second-order valence-corrected chi connectivity index (χ2v) is 8.16. The molecule has 0 atom stereocenters. The first-order valence-electron chi connectivity index (χ1n) is 6.66. The Morgan fingerprint density at radius 1 is 1.37 bits per heavy atom. The van der Waals surface area contributed by atoms with Crippen molar-refractivity contribution in [3.05, 3.63) is 16.5 Å². The summed E-state index contributed by atoms with van der Waals surface area (Å²) < 4.78 is 27.3. The summed E-state index contributed by atoms with van der Waals surface area (Å²) in [5.41, 5.74) is 1.04. The summed E-state index contributed by atoms with van der Waals surface area (Å²) in [5, 5.41) is 3.22. The van der Waals surface area contributed by atoms with Crippen LogP contribution >= 0.6 is 11.3 Å². The fraction of sp³-hybridized carbons (Fsp3) is 0.692. The highest BCUT2D eigenvalue weighted by Crippen LogP contribution is 2.25. The molecule has 0 amide bonds. The summed E-state index contributed by atoms with van der Waals surface area (Å²) >= 11 is 1.35. The topological polar surface area (TPSA) is 58.2 Å². The lowest BCUT2D eigenvalue weighted by atomic mass is 10.1. The van der Waals surface area contributed by atoms with Crippen LogP contribution in [0.25, 0.3) is 0 Å². The summed E-state index contributed by atoms with van der Waals surface area (Å²) in [7, 11) is -3.34. The molecule has 0 fully saturated rings. The van der Waals surface area contributed by atoms with Gasteiger partial charge in [-0.3, -0.25) is 0 Å². The zero-order valence-electron chi connectivity index (χ0n) is 12.1. The molecular weight excluding hydrogens is 280 g/mol. The minimum atomic E-state index is -3.34. The van der Waals surface area contributed by atoms with E-state index in [-0.39, 0.29) is 0 Å². The maximum Gasteiger partial charge on any atom is 0.250 e. The number of rotatable bonds is 8. The van der Waals surface area contributed by atoms with Gasteiger partial charge in [0.1, 0.15) is 4.21 Å². The monoisotopic (exact) mass is 304 g/mol. The minimum absolute atomic E-state index is 0.418. The minimum Gasteiger partial charge on any atom is -0.312 e. The van der Waals surface area contributed by atoms with Crippen LogP contribution in [0.5, 0.6) is 0 Å². The molecule has 2 N–H and O–H groups in total. The van der Waals surface area contributed by atoms with E-state index in [2.05, 4.69) is 23.9 Å². The van der Waals surface area contributed by atoms with Crippen LogP contribution in [0.2, 0.25) is 0 Å². The van der Waals surface area contributed by atoms with Crippen molar-refractivity contribution in [3.8, 4) is 0 Å². The molecule has 0 radical (unpaired) electrons. The van der Waals surface area contributed by atoms with Gasteiger partial charge in [-0.2, -0.15) is 0 Å². The molecule has 0 saturated heterocycles.